The van der Waals surface area contributed by atoms with Gasteiger partial charge in [-0.1, -0.05) is 12.2 Å². The molecule has 0 aromatic heterocycles. The molecule has 2 bridgehead atoms. The third-order valence-electron chi connectivity index (χ3n) is 3.18. The third kappa shape index (κ3) is 1.23. The summed E-state index contributed by atoms with van der Waals surface area (Å²) in [5.74, 6) is -0.139. The number of carboxylic acid groups (broad SMARTS) is 1. The van der Waals surface area contributed by atoms with Gasteiger partial charge in [0.15, 0.2) is 0 Å². The van der Waals surface area contributed by atoms with Crippen molar-refractivity contribution in [3.63, 3.8) is 0 Å². The number of aliphatic carboxylic acids is 1. The maximum Gasteiger partial charge on any atom is 0.303 e. The van der Waals surface area contributed by atoms with E-state index in [1.54, 1.807) is 0 Å². The van der Waals surface area contributed by atoms with E-state index in [0.29, 0.717) is 11.8 Å². The highest BCUT2D eigenvalue weighted by Crippen LogP contribution is 2.48. The predicted octanol–water partition coefficient (Wildman–Crippen LogP) is 1.42. The van der Waals surface area contributed by atoms with Gasteiger partial charge in [-0.3, -0.25) is 4.79 Å². The fourth-order valence-corrected chi connectivity index (χ4v) is 2.60. The van der Waals surface area contributed by atoms with Crippen LogP contribution in [-0.4, -0.2) is 11.1 Å². The third-order valence-corrected chi connectivity index (χ3v) is 3.18. The fourth-order valence-electron chi connectivity index (χ4n) is 2.60. The molecule has 3 nitrogen and oxygen atoms in total. The van der Waals surface area contributed by atoms with Crippen molar-refractivity contribution in [3.05, 3.63) is 12.2 Å². The summed E-state index contributed by atoms with van der Waals surface area (Å²) in [5.41, 5.74) is 0. The molecule has 68 valence electrons. The first-order valence-electron chi connectivity index (χ1n) is 4.52. The minimum atomic E-state index is -0.786. The van der Waals surface area contributed by atoms with Crippen LogP contribution in [0.25, 0.3) is 0 Å². The SMILES string of the molecule is N#CC1C2C=CC(C2)C1CC(=O)O. The van der Waals surface area contributed by atoms with E-state index in [9.17, 15) is 4.79 Å². The summed E-state index contributed by atoms with van der Waals surface area (Å²) in [6.45, 7) is 0. The van der Waals surface area contributed by atoms with E-state index in [1.165, 1.54) is 0 Å². The summed E-state index contributed by atoms with van der Waals surface area (Å²) < 4.78 is 0. The zero-order valence-electron chi connectivity index (χ0n) is 7.18. The molecule has 2 aliphatic rings. The molecule has 1 saturated carbocycles. The van der Waals surface area contributed by atoms with Crippen molar-refractivity contribution in [1.82, 2.24) is 0 Å². The second kappa shape index (κ2) is 2.88. The molecule has 0 heterocycles. The highest BCUT2D eigenvalue weighted by atomic mass is 16.4. The molecule has 1 N–H and O–H groups in total. The van der Waals surface area contributed by atoms with Gasteiger partial charge in [-0.05, 0) is 24.2 Å². The van der Waals surface area contributed by atoms with Crippen LogP contribution < -0.4 is 0 Å². The molecule has 0 saturated heterocycles. The molecule has 1 fully saturated rings. The number of hydrogen-bond donors (Lipinski definition) is 1. The Labute approximate surface area is 76.7 Å². The largest absolute Gasteiger partial charge is 0.481 e. The minimum absolute atomic E-state index is 0.0532. The zero-order valence-corrected chi connectivity index (χ0v) is 7.18. The Kier molecular flexibility index (Phi) is 1.84. The maximum atomic E-state index is 10.6. The van der Waals surface area contributed by atoms with E-state index in [-0.39, 0.29) is 18.3 Å². The number of rotatable bonds is 2. The molecule has 2 aliphatic carbocycles. The molecular formula is C10H11NO2. The van der Waals surface area contributed by atoms with Crippen molar-refractivity contribution in [1.29, 1.82) is 5.26 Å². The topological polar surface area (TPSA) is 61.1 Å². The lowest BCUT2D eigenvalue weighted by Gasteiger charge is -2.20. The van der Waals surface area contributed by atoms with Gasteiger partial charge in [0.2, 0.25) is 0 Å². The van der Waals surface area contributed by atoms with E-state index in [2.05, 4.69) is 18.2 Å². The molecule has 4 atom stereocenters. The van der Waals surface area contributed by atoms with Crippen molar-refractivity contribution >= 4 is 5.97 Å². The molecule has 0 aromatic rings. The number of nitrogens with zero attached hydrogens (tertiary/aromatic N) is 1. The Morgan fingerprint density at radius 3 is 2.85 bits per heavy atom. The summed E-state index contributed by atoms with van der Waals surface area (Å²) in [4.78, 5) is 10.6. The van der Waals surface area contributed by atoms with Crippen LogP contribution in [0.1, 0.15) is 12.8 Å². The predicted molar refractivity (Wildman–Crippen MR) is 45.6 cm³/mol. The molecule has 4 unspecified atom stereocenters. The Hall–Kier alpha value is -1.30. The number of hydrogen-bond acceptors (Lipinski definition) is 2. The van der Waals surface area contributed by atoms with Crippen LogP contribution in [0.2, 0.25) is 0 Å². The van der Waals surface area contributed by atoms with Crippen LogP contribution in [0.5, 0.6) is 0 Å². The lowest BCUT2D eigenvalue weighted by Crippen LogP contribution is -2.21. The molecule has 0 amide bonds. The number of fused-ring (bicyclic) bond motifs is 2. The molecule has 3 heteroatoms. The minimum Gasteiger partial charge on any atom is -0.481 e. The molecule has 0 aromatic carbocycles. The molecule has 0 aliphatic heterocycles. The van der Waals surface area contributed by atoms with Crippen molar-refractivity contribution in [2.45, 2.75) is 12.8 Å². The van der Waals surface area contributed by atoms with E-state index in [4.69, 9.17) is 10.4 Å². The standard InChI is InChI=1S/C10H11NO2/c11-5-9-7-2-1-6(3-7)8(9)4-10(12)13/h1-2,6-9H,3-4H2,(H,12,13). The Morgan fingerprint density at radius 2 is 2.23 bits per heavy atom. The first-order valence-corrected chi connectivity index (χ1v) is 4.52. The molecule has 2 rings (SSSR count). The summed E-state index contributed by atoms with van der Waals surface area (Å²) in [6.07, 6.45) is 5.27. The summed E-state index contributed by atoms with van der Waals surface area (Å²) in [5, 5.41) is 17.6. The van der Waals surface area contributed by atoms with E-state index in [1.807, 2.05) is 0 Å². The monoisotopic (exact) mass is 177 g/mol. The van der Waals surface area contributed by atoms with Crippen LogP contribution >= 0.6 is 0 Å². The summed E-state index contributed by atoms with van der Waals surface area (Å²) in [6, 6.07) is 2.24. The van der Waals surface area contributed by atoms with Gasteiger partial charge in [0.05, 0.1) is 12.0 Å². The Bertz CT molecular complexity index is 303. The maximum absolute atomic E-state index is 10.6. The molecule has 0 radical (unpaired) electrons. The van der Waals surface area contributed by atoms with Crippen LogP contribution in [0, 0.1) is 35.0 Å². The molecular weight excluding hydrogens is 166 g/mol. The van der Waals surface area contributed by atoms with Crippen LogP contribution in [0.3, 0.4) is 0 Å². The van der Waals surface area contributed by atoms with Gasteiger partial charge in [0.25, 0.3) is 0 Å². The normalized spacial score (nSPS) is 40.5. The van der Waals surface area contributed by atoms with Crippen molar-refractivity contribution < 1.29 is 9.90 Å². The fraction of sp³-hybridized carbons (Fsp3) is 0.600. The van der Waals surface area contributed by atoms with Gasteiger partial charge in [-0.25, -0.2) is 0 Å². The van der Waals surface area contributed by atoms with Crippen molar-refractivity contribution in [2.24, 2.45) is 23.7 Å². The zero-order chi connectivity index (χ0) is 9.42. The average Bonchev–Trinajstić information content (AvgIpc) is 2.62. The van der Waals surface area contributed by atoms with Gasteiger partial charge in [-0.15, -0.1) is 0 Å². The summed E-state index contributed by atoms with van der Waals surface area (Å²) >= 11 is 0. The van der Waals surface area contributed by atoms with Gasteiger partial charge in [0.1, 0.15) is 0 Å². The smallest absolute Gasteiger partial charge is 0.303 e. The Morgan fingerprint density at radius 1 is 1.54 bits per heavy atom. The van der Waals surface area contributed by atoms with Gasteiger partial charge >= 0.3 is 5.97 Å². The van der Waals surface area contributed by atoms with Crippen LogP contribution in [-0.2, 0) is 4.79 Å². The second-order valence-electron chi connectivity index (χ2n) is 3.86. The molecule has 13 heavy (non-hydrogen) atoms. The van der Waals surface area contributed by atoms with Crippen LogP contribution in [0.15, 0.2) is 12.2 Å². The van der Waals surface area contributed by atoms with Crippen molar-refractivity contribution in [3.8, 4) is 6.07 Å². The van der Waals surface area contributed by atoms with E-state index >= 15 is 0 Å². The quantitative estimate of drug-likeness (QED) is 0.649. The Balaban J connectivity index is 2.15. The van der Waals surface area contributed by atoms with Crippen molar-refractivity contribution in [2.75, 3.05) is 0 Å². The van der Waals surface area contributed by atoms with E-state index in [0.717, 1.165) is 6.42 Å². The lowest BCUT2D eigenvalue weighted by atomic mass is 9.82. The van der Waals surface area contributed by atoms with E-state index < -0.39 is 5.97 Å². The number of carboxylic acids is 1. The van der Waals surface area contributed by atoms with Gasteiger partial charge < -0.3 is 5.11 Å². The lowest BCUT2D eigenvalue weighted by molar-refractivity contribution is -0.138. The molecule has 0 spiro atoms. The first kappa shape index (κ1) is 8.31. The average molecular weight is 177 g/mol. The van der Waals surface area contributed by atoms with Crippen LogP contribution in [0.4, 0.5) is 0 Å². The summed E-state index contributed by atoms with van der Waals surface area (Å²) in [7, 11) is 0. The first-order chi connectivity index (χ1) is 6.22. The van der Waals surface area contributed by atoms with Gasteiger partial charge in [0, 0.05) is 6.42 Å². The van der Waals surface area contributed by atoms with Gasteiger partial charge in [-0.2, -0.15) is 5.26 Å². The highest BCUT2D eigenvalue weighted by molar-refractivity contribution is 5.67. The number of nitriles is 1. The second-order valence-corrected chi connectivity index (χ2v) is 3.86. The number of carbonyl (C=O) groups is 1. The highest BCUT2D eigenvalue weighted by Gasteiger charge is 2.45. The number of allylic oxidation sites excluding steroid dienone is 2.